The van der Waals surface area contributed by atoms with Gasteiger partial charge in [-0.3, -0.25) is 0 Å². The number of hydrogen-bond donors (Lipinski definition) is 0. The van der Waals surface area contributed by atoms with E-state index in [1.165, 1.54) is 11.8 Å². The highest BCUT2D eigenvalue weighted by Gasteiger charge is 2.27. The molecule has 0 bridgehead atoms. The summed E-state index contributed by atoms with van der Waals surface area (Å²) >= 11 is 1.34. The van der Waals surface area contributed by atoms with E-state index in [0.717, 1.165) is 0 Å². The molecule has 0 amide bonds. The van der Waals surface area contributed by atoms with Gasteiger partial charge in [0.2, 0.25) is 12.0 Å². The second-order valence-corrected chi connectivity index (χ2v) is 7.75. The number of ether oxygens (including phenoxy) is 2. The average Bonchev–Trinajstić information content (AvgIpc) is 3.28. The van der Waals surface area contributed by atoms with Crippen LogP contribution >= 0.6 is 11.8 Å². The number of nitrogens with zero attached hydrogens (tertiary/aromatic N) is 4. The maximum Gasteiger partial charge on any atom is 0.277 e. The fraction of sp³-hybridized carbons (Fsp3) is 0.412. The van der Waals surface area contributed by atoms with Crippen molar-refractivity contribution in [1.82, 2.24) is 20.3 Å². The second kappa shape index (κ2) is 6.64. The van der Waals surface area contributed by atoms with Crippen molar-refractivity contribution in [2.24, 2.45) is 0 Å². The Morgan fingerprint density at radius 3 is 2.73 bits per heavy atom. The largest absolute Gasteiger partial charge is 0.485 e. The third-order valence-electron chi connectivity index (χ3n) is 3.66. The molecule has 1 aliphatic heterocycles. The molecule has 0 spiro atoms. The predicted octanol–water partition coefficient (Wildman–Crippen LogP) is 3.55. The Morgan fingerprint density at radius 2 is 1.96 bits per heavy atom. The summed E-state index contributed by atoms with van der Waals surface area (Å²) in [5.74, 6) is 3.40. The molecule has 9 heteroatoms. The highest BCUT2D eigenvalue weighted by Crippen LogP contribution is 2.36. The predicted molar refractivity (Wildman–Crippen MR) is 92.2 cm³/mol. The molecule has 1 aromatic carbocycles. The van der Waals surface area contributed by atoms with Crippen LogP contribution in [-0.2, 0) is 11.2 Å². The van der Waals surface area contributed by atoms with Crippen molar-refractivity contribution < 1.29 is 18.4 Å². The van der Waals surface area contributed by atoms with Crippen LogP contribution in [0.3, 0.4) is 0 Å². The topological polar surface area (TPSA) is 96.3 Å². The zero-order chi connectivity index (χ0) is 18.1. The van der Waals surface area contributed by atoms with E-state index in [0.29, 0.717) is 46.7 Å². The van der Waals surface area contributed by atoms with Gasteiger partial charge < -0.3 is 18.4 Å². The molecule has 0 radical (unpaired) electrons. The van der Waals surface area contributed by atoms with Gasteiger partial charge in [-0.15, -0.1) is 10.2 Å². The summed E-state index contributed by atoms with van der Waals surface area (Å²) in [5, 5.41) is 12.5. The third kappa shape index (κ3) is 3.52. The molecule has 0 saturated heterocycles. The first-order chi connectivity index (χ1) is 12.5. The molecule has 8 nitrogen and oxygen atoms in total. The lowest BCUT2D eigenvalue weighted by Crippen LogP contribution is -2.21. The van der Waals surface area contributed by atoms with Gasteiger partial charge in [0.25, 0.3) is 11.1 Å². The van der Waals surface area contributed by atoms with Crippen molar-refractivity contribution in [2.75, 3.05) is 6.61 Å². The van der Waals surface area contributed by atoms with Crippen LogP contribution in [-0.4, -0.2) is 26.9 Å². The van der Waals surface area contributed by atoms with Crippen molar-refractivity contribution in [3.63, 3.8) is 0 Å². The molecule has 4 rings (SSSR count). The summed E-state index contributed by atoms with van der Waals surface area (Å²) in [6, 6.07) is 7.48. The lowest BCUT2D eigenvalue weighted by molar-refractivity contribution is 0.0686. The van der Waals surface area contributed by atoms with Crippen molar-refractivity contribution >= 4 is 11.8 Å². The third-order valence-corrected chi connectivity index (χ3v) is 4.47. The smallest absolute Gasteiger partial charge is 0.277 e. The number of thioether (sulfide) groups is 1. The Labute approximate surface area is 154 Å². The van der Waals surface area contributed by atoms with Gasteiger partial charge in [0.15, 0.2) is 17.3 Å². The van der Waals surface area contributed by atoms with E-state index < -0.39 is 6.10 Å². The fourth-order valence-corrected chi connectivity index (χ4v) is 2.90. The van der Waals surface area contributed by atoms with E-state index >= 15 is 0 Å². The van der Waals surface area contributed by atoms with E-state index in [-0.39, 0.29) is 5.41 Å². The normalized spacial score (nSPS) is 16.7. The highest BCUT2D eigenvalue weighted by atomic mass is 32.2. The first kappa shape index (κ1) is 16.9. The van der Waals surface area contributed by atoms with Crippen LogP contribution in [0.5, 0.6) is 11.5 Å². The molecule has 3 aromatic rings. The standard InChI is InChI=1S/C17H18N4O4S/c1-17(2,3)15-18-13(25-21-15)9-26-16-20-19-14(24-16)12-8-22-10-6-4-5-7-11(10)23-12/h4-7,12H,8-9H2,1-3H3. The molecular formula is C17H18N4O4S. The molecular weight excluding hydrogens is 356 g/mol. The fourth-order valence-electron chi connectivity index (χ4n) is 2.29. The van der Waals surface area contributed by atoms with Crippen LogP contribution in [0.25, 0.3) is 0 Å². The summed E-state index contributed by atoms with van der Waals surface area (Å²) in [4.78, 5) is 4.39. The SMILES string of the molecule is CC(C)(C)c1noc(CSc2nnc(C3COc4ccccc4O3)o2)n1. The van der Waals surface area contributed by atoms with Gasteiger partial charge in [0.1, 0.15) is 6.61 Å². The molecule has 0 aliphatic carbocycles. The minimum absolute atomic E-state index is 0.154. The molecule has 1 atom stereocenters. The maximum absolute atomic E-state index is 5.86. The minimum atomic E-state index is -0.428. The Morgan fingerprint density at radius 1 is 1.15 bits per heavy atom. The van der Waals surface area contributed by atoms with Crippen molar-refractivity contribution in [2.45, 2.75) is 43.3 Å². The van der Waals surface area contributed by atoms with Crippen LogP contribution in [0.15, 0.2) is 38.4 Å². The van der Waals surface area contributed by atoms with Gasteiger partial charge >= 0.3 is 0 Å². The monoisotopic (exact) mass is 374 g/mol. The number of benzene rings is 1. The molecule has 136 valence electrons. The molecule has 0 N–H and O–H groups in total. The molecule has 0 saturated carbocycles. The van der Waals surface area contributed by atoms with E-state index in [1.54, 1.807) is 0 Å². The minimum Gasteiger partial charge on any atom is -0.485 e. The summed E-state index contributed by atoms with van der Waals surface area (Å²) in [6.07, 6.45) is -0.428. The Kier molecular flexibility index (Phi) is 4.31. The Balaban J connectivity index is 1.39. The molecule has 0 fully saturated rings. The van der Waals surface area contributed by atoms with E-state index in [4.69, 9.17) is 18.4 Å². The molecule has 26 heavy (non-hydrogen) atoms. The van der Waals surface area contributed by atoms with Crippen LogP contribution in [0.2, 0.25) is 0 Å². The highest BCUT2D eigenvalue weighted by molar-refractivity contribution is 7.98. The Bertz CT molecular complexity index is 902. The van der Waals surface area contributed by atoms with Crippen LogP contribution in [0.1, 0.15) is 44.5 Å². The number of hydrogen-bond acceptors (Lipinski definition) is 9. The molecule has 1 unspecified atom stereocenters. The van der Waals surface area contributed by atoms with Crippen molar-refractivity contribution in [3.8, 4) is 11.5 Å². The average molecular weight is 374 g/mol. The first-order valence-electron chi connectivity index (χ1n) is 8.17. The van der Waals surface area contributed by atoms with Crippen molar-refractivity contribution in [1.29, 1.82) is 0 Å². The summed E-state index contributed by atoms with van der Waals surface area (Å²) in [5.41, 5.74) is -0.154. The lowest BCUT2D eigenvalue weighted by Gasteiger charge is -2.23. The molecule has 1 aliphatic rings. The first-order valence-corrected chi connectivity index (χ1v) is 9.15. The van der Waals surface area contributed by atoms with Gasteiger partial charge in [0.05, 0.1) is 5.75 Å². The van der Waals surface area contributed by atoms with Gasteiger partial charge in [-0.25, -0.2) is 0 Å². The van der Waals surface area contributed by atoms with Crippen molar-refractivity contribution in [3.05, 3.63) is 41.9 Å². The van der Waals surface area contributed by atoms with E-state index in [1.807, 2.05) is 45.0 Å². The summed E-state index contributed by atoms with van der Waals surface area (Å²) in [6.45, 7) is 6.41. The van der Waals surface area contributed by atoms with E-state index in [9.17, 15) is 0 Å². The van der Waals surface area contributed by atoms with Gasteiger partial charge in [-0.2, -0.15) is 4.98 Å². The van der Waals surface area contributed by atoms with Gasteiger partial charge in [0, 0.05) is 5.41 Å². The number of aromatic nitrogens is 4. The number of para-hydroxylation sites is 2. The zero-order valence-corrected chi connectivity index (χ0v) is 15.4. The van der Waals surface area contributed by atoms with Gasteiger partial charge in [-0.1, -0.05) is 49.8 Å². The quantitative estimate of drug-likeness (QED) is 0.635. The summed E-state index contributed by atoms with van der Waals surface area (Å²) < 4.78 is 22.5. The molecule has 2 aromatic heterocycles. The second-order valence-electron chi connectivity index (χ2n) is 6.82. The Hall–Kier alpha value is -2.55. The molecule has 3 heterocycles. The van der Waals surface area contributed by atoms with E-state index in [2.05, 4.69) is 20.3 Å². The van der Waals surface area contributed by atoms with Crippen LogP contribution < -0.4 is 9.47 Å². The van der Waals surface area contributed by atoms with Gasteiger partial charge in [-0.05, 0) is 12.1 Å². The summed E-state index contributed by atoms with van der Waals surface area (Å²) in [7, 11) is 0. The van der Waals surface area contributed by atoms with Crippen LogP contribution in [0, 0.1) is 0 Å². The number of rotatable bonds is 4. The maximum atomic E-state index is 5.86. The zero-order valence-electron chi connectivity index (χ0n) is 14.6. The number of fused-ring (bicyclic) bond motifs is 1. The lowest BCUT2D eigenvalue weighted by atomic mass is 9.96. The van der Waals surface area contributed by atoms with Crippen LogP contribution in [0.4, 0.5) is 0 Å².